The molecule has 0 aromatic carbocycles. The highest BCUT2D eigenvalue weighted by molar-refractivity contribution is 6.01. The lowest BCUT2D eigenvalue weighted by molar-refractivity contribution is -0.124. The minimum absolute atomic E-state index is 0. The van der Waals surface area contributed by atoms with E-state index in [1.165, 1.54) is 6.01 Å². The molecule has 1 fully saturated rings. The van der Waals surface area contributed by atoms with E-state index in [1.54, 1.807) is 0 Å². The van der Waals surface area contributed by atoms with Crippen LogP contribution in [-0.2, 0) is 9.59 Å². The molecule has 2 amide bonds. The van der Waals surface area contributed by atoms with Crippen LogP contribution in [-0.4, -0.2) is 17.8 Å². The van der Waals surface area contributed by atoms with E-state index in [0.717, 1.165) is 0 Å². The number of carbonyl (C=O) groups is 2. The molecule has 1 saturated heterocycles. The van der Waals surface area contributed by atoms with Gasteiger partial charge in [-0.25, -0.2) is 10.8 Å². The van der Waals surface area contributed by atoms with Crippen molar-refractivity contribution in [2.75, 3.05) is 0 Å². The van der Waals surface area contributed by atoms with Crippen LogP contribution in [0.2, 0.25) is 0 Å². The summed E-state index contributed by atoms with van der Waals surface area (Å²) in [6.07, 6.45) is 0.748. The van der Waals surface area contributed by atoms with Crippen molar-refractivity contribution in [3.05, 3.63) is 0 Å². The third-order valence-corrected chi connectivity index (χ3v) is 0.858. The van der Waals surface area contributed by atoms with Crippen molar-refractivity contribution in [2.45, 2.75) is 12.8 Å². The lowest BCUT2D eigenvalue weighted by atomic mass is 10.4. The van der Waals surface area contributed by atoms with Gasteiger partial charge in [0.05, 0.1) is 6.01 Å². The molecule has 3 N–H and O–H groups in total. The molecule has 1 heterocycles. The molecule has 0 aliphatic carbocycles. The summed E-state index contributed by atoms with van der Waals surface area (Å²) in [5, 5.41) is 13.4. The van der Waals surface area contributed by atoms with Gasteiger partial charge in [0, 0.05) is 12.8 Å². The van der Waals surface area contributed by atoms with Crippen molar-refractivity contribution < 1.29 is 9.59 Å². The number of amides is 2. The first-order valence-corrected chi connectivity index (χ1v) is 2.62. The first-order chi connectivity index (χ1) is 4.70. The Hall–Kier alpha value is -1.19. The van der Waals surface area contributed by atoms with Crippen molar-refractivity contribution in [1.29, 1.82) is 10.8 Å². The summed E-state index contributed by atoms with van der Waals surface area (Å²) in [5.74, 6) is -0.296. The van der Waals surface area contributed by atoms with Crippen molar-refractivity contribution in [3.8, 4) is 0 Å². The molecule has 0 unspecified atom stereocenters. The summed E-state index contributed by atoms with van der Waals surface area (Å²) in [4.78, 5) is 20.2. The van der Waals surface area contributed by atoms with Gasteiger partial charge in [-0.3, -0.25) is 14.9 Å². The van der Waals surface area contributed by atoms with Gasteiger partial charge in [0.1, 0.15) is 0 Å². The molecule has 1 aliphatic rings. The maximum atomic E-state index is 10.1. The number of carbonyl (C=O) groups excluding carboxylic acids is 2. The van der Waals surface area contributed by atoms with E-state index in [2.05, 4.69) is 5.32 Å². The van der Waals surface area contributed by atoms with Crippen molar-refractivity contribution in [1.82, 2.24) is 5.32 Å². The molecule has 62 valence electrons. The summed E-state index contributed by atoms with van der Waals surface area (Å²) in [6, 6.07) is 1.25. The van der Waals surface area contributed by atoms with Crippen LogP contribution in [0.5, 0.6) is 0 Å². The molecule has 0 aromatic rings. The molecule has 0 radical (unpaired) electrons. The first-order valence-electron chi connectivity index (χ1n) is 2.62. The predicted octanol–water partition coefficient (Wildman–Crippen LogP) is 0.163. The minimum Gasteiger partial charge on any atom is -0.296 e. The molecular weight excluding hydrogens is 170 g/mol. The Bertz CT molecular complexity index is 172. The fraction of sp³-hybridized carbons (Fsp3) is 0.400. The minimum atomic E-state index is -0.148. The van der Waals surface area contributed by atoms with Gasteiger partial charge in [0.25, 0.3) is 0 Å². The molecule has 1 rings (SSSR count). The van der Waals surface area contributed by atoms with Gasteiger partial charge < -0.3 is 0 Å². The van der Waals surface area contributed by atoms with Gasteiger partial charge in [-0.1, -0.05) is 0 Å². The molecule has 11 heavy (non-hydrogen) atoms. The zero-order valence-corrected chi connectivity index (χ0v) is 6.46. The van der Waals surface area contributed by atoms with Gasteiger partial charge in [-0.15, -0.1) is 12.4 Å². The number of hydrogen-bond acceptors (Lipinski definition) is 4. The average Bonchev–Trinajstić information content (AvgIpc) is 2.17. The van der Waals surface area contributed by atoms with E-state index >= 15 is 0 Å². The lowest BCUT2D eigenvalue weighted by Crippen LogP contribution is -2.18. The van der Waals surface area contributed by atoms with Crippen LogP contribution in [0.3, 0.4) is 0 Å². The zero-order valence-electron chi connectivity index (χ0n) is 5.64. The summed E-state index contributed by atoms with van der Waals surface area (Å²) in [6.45, 7) is 0. The number of halogens is 1. The molecule has 0 spiro atoms. The molecule has 1 aliphatic heterocycles. The highest BCUT2D eigenvalue weighted by atomic mass is 35.5. The maximum Gasteiger partial charge on any atom is 0.227 e. The number of imide groups is 1. The summed E-state index contributed by atoms with van der Waals surface area (Å²) < 4.78 is 0. The Labute approximate surface area is 69.6 Å². The van der Waals surface area contributed by atoms with Crippen LogP contribution in [0.1, 0.15) is 12.8 Å². The topological polar surface area (TPSA) is 93.9 Å². The largest absolute Gasteiger partial charge is 0.296 e. The van der Waals surface area contributed by atoms with Crippen LogP contribution >= 0.6 is 12.4 Å². The van der Waals surface area contributed by atoms with E-state index in [9.17, 15) is 9.59 Å². The van der Waals surface area contributed by atoms with Crippen LogP contribution in [0, 0.1) is 10.8 Å². The second-order valence-corrected chi connectivity index (χ2v) is 1.60. The lowest BCUT2D eigenvalue weighted by Gasteiger charge is -1.79. The molecular formula is C5H8ClN3O2. The Morgan fingerprint density at radius 3 is 1.55 bits per heavy atom. The Balaban J connectivity index is 0. The van der Waals surface area contributed by atoms with Gasteiger partial charge in [-0.2, -0.15) is 0 Å². The normalized spacial score (nSPS) is 13.5. The Morgan fingerprint density at radius 2 is 1.45 bits per heavy atom. The second kappa shape index (κ2) is 6.92. The molecule has 0 atom stereocenters. The Morgan fingerprint density at radius 1 is 1.18 bits per heavy atom. The van der Waals surface area contributed by atoms with E-state index in [0.29, 0.717) is 12.8 Å². The molecule has 5 nitrogen and oxygen atoms in total. The van der Waals surface area contributed by atoms with Gasteiger partial charge in [0.2, 0.25) is 11.8 Å². The molecule has 0 bridgehead atoms. The summed E-state index contributed by atoms with van der Waals surface area (Å²) in [5.41, 5.74) is 0. The van der Waals surface area contributed by atoms with Gasteiger partial charge in [0.15, 0.2) is 0 Å². The monoisotopic (exact) mass is 177 g/mol. The van der Waals surface area contributed by atoms with E-state index in [1.807, 2.05) is 0 Å². The fourth-order valence-electron chi connectivity index (χ4n) is 0.508. The van der Waals surface area contributed by atoms with E-state index in [-0.39, 0.29) is 24.2 Å². The van der Waals surface area contributed by atoms with E-state index < -0.39 is 0 Å². The predicted molar refractivity (Wildman–Crippen MR) is 40.1 cm³/mol. The van der Waals surface area contributed by atoms with Crippen molar-refractivity contribution >= 4 is 30.2 Å². The van der Waals surface area contributed by atoms with E-state index in [4.69, 9.17) is 10.8 Å². The Kier molecular flexibility index (Phi) is 7.86. The second-order valence-electron chi connectivity index (χ2n) is 1.60. The smallest absolute Gasteiger partial charge is 0.227 e. The highest BCUT2D eigenvalue weighted by Gasteiger charge is 2.15. The quantitative estimate of drug-likeness (QED) is 0.363. The first kappa shape index (κ1) is 12.5. The third kappa shape index (κ3) is 6.70. The molecule has 0 aromatic heterocycles. The fourth-order valence-corrected chi connectivity index (χ4v) is 0.508. The van der Waals surface area contributed by atoms with Crippen LogP contribution in [0.25, 0.3) is 0 Å². The van der Waals surface area contributed by atoms with Crippen LogP contribution in [0.15, 0.2) is 0 Å². The average molecular weight is 178 g/mol. The summed E-state index contributed by atoms with van der Waals surface area (Å²) in [7, 11) is 0. The van der Waals surface area contributed by atoms with Crippen LogP contribution < -0.4 is 5.32 Å². The maximum absolute atomic E-state index is 10.1. The van der Waals surface area contributed by atoms with Gasteiger partial charge >= 0.3 is 0 Å². The van der Waals surface area contributed by atoms with Crippen molar-refractivity contribution in [3.63, 3.8) is 0 Å². The summed E-state index contributed by atoms with van der Waals surface area (Å²) >= 11 is 0. The standard InChI is InChI=1S/C4H5NO2.CH2N2.ClH/c6-3-1-2-4(7)5-3;2-1-3;/h1-2H2,(H,5,6,7);2-3H;1H. The molecule has 6 heteroatoms. The SMILES string of the molecule is Cl.N=C=N.O=C1CCC(=O)N1. The highest BCUT2D eigenvalue weighted by Crippen LogP contribution is 1.95. The third-order valence-electron chi connectivity index (χ3n) is 0.858. The number of rotatable bonds is 0. The zero-order chi connectivity index (χ0) is 7.98. The van der Waals surface area contributed by atoms with Crippen LogP contribution in [0.4, 0.5) is 0 Å². The molecule has 0 saturated carbocycles. The number of hydrogen-bond donors (Lipinski definition) is 3. The number of nitrogens with one attached hydrogen (secondary N) is 3. The van der Waals surface area contributed by atoms with Crippen molar-refractivity contribution in [2.24, 2.45) is 0 Å². The van der Waals surface area contributed by atoms with Gasteiger partial charge in [-0.05, 0) is 0 Å².